The van der Waals surface area contributed by atoms with Crippen molar-refractivity contribution in [2.45, 2.75) is 43.2 Å². The first-order valence-electron chi connectivity index (χ1n) is 10.9. The molecule has 2 aliphatic rings. The van der Waals surface area contributed by atoms with Crippen molar-refractivity contribution >= 4 is 11.7 Å². The molecule has 33 heavy (non-hydrogen) atoms. The highest BCUT2D eigenvalue weighted by molar-refractivity contribution is 5.89. The maximum absolute atomic E-state index is 15.5. The molecule has 2 aromatic rings. The molecule has 9 heteroatoms. The highest BCUT2D eigenvalue weighted by Gasteiger charge is 2.52. The summed E-state index contributed by atoms with van der Waals surface area (Å²) in [5.41, 5.74) is 0.383. The second-order valence-corrected chi connectivity index (χ2v) is 8.76. The van der Waals surface area contributed by atoms with Gasteiger partial charge in [0.1, 0.15) is 0 Å². The van der Waals surface area contributed by atoms with Gasteiger partial charge in [-0.05, 0) is 63.0 Å². The first kappa shape index (κ1) is 23.2. The molecule has 2 aromatic carbocycles. The number of carbonyl (C=O) groups excluding carboxylic acids is 1. The van der Waals surface area contributed by atoms with E-state index in [-0.39, 0.29) is 23.5 Å². The number of amides is 2. The maximum Gasteiger partial charge on any atom is 0.319 e. The van der Waals surface area contributed by atoms with Crippen LogP contribution in [0.1, 0.15) is 31.2 Å². The number of likely N-dealkylation sites (N-methyl/N-ethyl adjacent to an activating group) is 1. The van der Waals surface area contributed by atoms with Crippen molar-refractivity contribution < 1.29 is 27.4 Å². The number of likely N-dealkylation sites (tertiary alicyclic amines) is 1. The molecule has 1 saturated heterocycles. The number of nitrogens with one attached hydrogen (secondary N) is 2. The number of carbonyl (C=O) groups is 1. The standard InChI is InChI=1S/C24H28F3N3O3/c1-30-11-10-24(16-5-7-19(32-2)22(33-3)21(16)27)9-8-15(13-20(24)30)29-23(31)28-14-4-6-17(25)18(26)12-14/h4-7,12,15,20H,8-11,13H2,1-3H3,(H2,28,29,31)/t15-,20+,24-/m0/s1. The van der Waals surface area contributed by atoms with Crippen molar-refractivity contribution in [3.63, 3.8) is 0 Å². The summed E-state index contributed by atoms with van der Waals surface area (Å²) in [5, 5.41) is 5.47. The summed E-state index contributed by atoms with van der Waals surface area (Å²) < 4.78 is 52.6. The van der Waals surface area contributed by atoms with E-state index in [9.17, 15) is 13.6 Å². The summed E-state index contributed by atoms with van der Waals surface area (Å²) in [7, 11) is 4.91. The molecule has 0 spiro atoms. The Morgan fingerprint density at radius 1 is 1.09 bits per heavy atom. The van der Waals surface area contributed by atoms with Crippen molar-refractivity contribution in [1.82, 2.24) is 10.2 Å². The first-order chi connectivity index (χ1) is 15.8. The molecule has 3 atom stereocenters. The van der Waals surface area contributed by atoms with Gasteiger partial charge in [-0.15, -0.1) is 0 Å². The van der Waals surface area contributed by atoms with Crippen LogP contribution in [-0.4, -0.2) is 50.8 Å². The molecule has 1 heterocycles. The van der Waals surface area contributed by atoms with E-state index in [0.29, 0.717) is 30.6 Å². The minimum absolute atomic E-state index is 0.0208. The molecule has 178 valence electrons. The van der Waals surface area contributed by atoms with Crippen molar-refractivity contribution in [3.05, 3.63) is 53.3 Å². The molecule has 1 saturated carbocycles. The SMILES string of the molecule is COc1ccc([C@@]23CC[C@H](NC(=O)Nc4ccc(F)c(F)c4)C[C@H]2N(C)CC3)c(F)c1OC. The first-order valence-corrected chi connectivity index (χ1v) is 10.9. The average molecular weight is 464 g/mol. The van der Waals surface area contributed by atoms with Crippen LogP contribution < -0.4 is 20.1 Å². The lowest BCUT2D eigenvalue weighted by atomic mass is 9.65. The number of rotatable bonds is 5. The fraction of sp³-hybridized carbons (Fsp3) is 0.458. The number of ether oxygens (including phenoxy) is 2. The molecule has 1 aliphatic heterocycles. The fourth-order valence-corrected chi connectivity index (χ4v) is 5.42. The Morgan fingerprint density at radius 2 is 1.88 bits per heavy atom. The Morgan fingerprint density at radius 3 is 2.58 bits per heavy atom. The van der Waals surface area contributed by atoms with Crippen LogP contribution in [0.5, 0.6) is 11.5 Å². The minimum atomic E-state index is -1.03. The molecule has 2 fully saturated rings. The number of urea groups is 1. The summed E-state index contributed by atoms with van der Waals surface area (Å²) in [5.74, 6) is -1.96. The van der Waals surface area contributed by atoms with E-state index >= 15 is 4.39 Å². The molecule has 0 radical (unpaired) electrons. The van der Waals surface area contributed by atoms with Crippen LogP contribution in [0, 0.1) is 17.5 Å². The third-order valence-electron chi connectivity index (χ3n) is 7.06. The van der Waals surface area contributed by atoms with Gasteiger partial charge in [-0.2, -0.15) is 0 Å². The lowest BCUT2D eigenvalue weighted by Gasteiger charge is -2.45. The Hall–Kier alpha value is -2.94. The minimum Gasteiger partial charge on any atom is -0.493 e. The largest absolute Gasteiger partial charge is 0.493 e. The van der Waals surface area contributed by atoms with Crippen LogP contribution in [0.25, 0.3) is 0 Å². The Kier molecular flexibility index (Phi) is 6.43. The lowest BCUT2D eigenvalue weighted by molar-refractivity contribution is 0.152. The predicted molar refractivity (Wildman–Crippen MR) is 118 cm³/mol. The highest BCUT2D eigenvalue weighted by atomic mass is 19.2. The molecule has 0 bridgehead atoms. The van der Waals surface area contributed by atoms with Gasteiger partial charge in [0.05, 0.1) is 14.2 Å². The number of halogens is 3. The summed E-state index contributed by atoms with van der Waals surface area (Å²) in [4.78, 5) is 14.7. The van der Waals surface area contributed by atoms with Gasteiger partial charge in [0, 0.05) is 29.3 Å². The summed E-state index contributed by atoms with van der Waals surface area (Å²) in [6.07, 6.45) is 2.78. The zero-order chi connectivity index (χ0) is 23.8. The monoisotopic (exact) mass is 463 g/mol. The number of anilines is 1. The molecule has 1 aliphatic carbocycles. The van der Waals surface area contributed by atoms with E-state index < -0.39 is 28.9 Å². The van der Waals surface area contributed by atoms with Gasteiger partial charge in [0.15, 0.2) is 29.0 Å². The third kappa shape index (κ3) is 4.21. The number of methoxy groups -OCH3 is 2. The van der Waals surface area contributed by atoms with Gasteiger partial charge >= 0.3 is 6.03 Å². The predicted octanol–water partition coefficient (Wildman–Crippen LogP) is 4.44. The number of hydrogen-bond acceptors (Lipinski definition) is 4. The zero-order valence-corrected chi connectivity index (χ0v) is 18.9. The van der Waals surface area contributed by atoms with Gasteiger partial charge in [-0.3, -0.25) is 0 Å². The van der Waals surface area contributed by atoms with E-state index in [1.165, 1.54) is 20.3 Å². The second-order valence-electron chi connectivity index (χ2n) is 8.76. The molecule has 2 amide bonds. The van der Waals surface area contributed by atoms with Crippen molar-refractivity contribution in [3.8, 4) is 11.5 Å². The third-order valence-corrected chi connectivity index (χ3v) is 7.06. The summed E-state index contributed by atoms with van der Waals surface area (Å²) >= 11 is 0. The van der Waals surface area contributed by atoms with Crippen LogP contribution >= 0.6 is 0 Å². The molecule has 6 nitrogen and oxygen atoms in total. The average Bonchev–Trinajstić information content (AvgIpc) is 3.12. The Labute approximate surface area is 191 Å². The van der Waals surface area contributed by atoms with Crippen LogP contribution in [0.2, 0.25) is 0 Å². The molecule has 4 rings (SSSR count). The van der Waals surface area contributed by atoms with Gasteiger partial charge in [0.2, 0.25) is 0 Å². The van der Waals surface area contributed by atoms with Gasteiger partial charge in [0.25, 0.3) is 0 Å². The van der Waals surface area contributed by atoms with E-state index in [2.05, 4.69) is 15.5 Å². The van der Waals surface area contributed by atoms with Crippen LogP contribution in [-0.2, 0) is 5.41 Å². The smallest absolute Gasteiger partial charge is 0.319 e. The summed E-state index contributed by atoms with van der Waals surface area (Å²) in [6, 6.07) is 6.11. The number of benzene rings is 2. The Bertz CT molecular complexity index is 1050. The van der Waals surface area contributed by atoms with Crippen LogP contribution in [0.4, 0.5) is 23.7 Å². The number of nitrogens with zero attached hydrogens (tertiary/aromatic N) is 1. The number of hydrogen-bond donors (Lipinski definition) is 2. The van der Waals surface area contributed by atoms with E-state index in [4.69, 9.17) is 9.47 Å². The highest BCUT2D eigenvalue weighted by Crippen LogP contribution is 2.51. The normalized spacial score (nSPS) is 24.8. The Balaban J connectivity index is 1.51. The fourth-order valence-electron chi connectivity index (χ4n) is 5.42. The molecule has 0 aromatic heterocycles. The molecular weight excluding hydrogens is 435 g/mol. The van der Waals surface area contributed by atoms with Crippen molar-refractivity contribution in [1.29, 1.82) is 0 Å². The molecule has 0 unspecified atom stereocenters. The van der Waals surface area contributed by atoms with Gasteiger partial charge < -0.3 is 25.0 Å². The van der Waals surface area contributed by atoms with E-state index in [1.807, 2.05) is 7.05 Å². The summed E-state index contributed by atoms with van der Waals surface area (Å²) in [6.45, 7) is 0.812. The van der Waals surface area contributed by atoms with Crippen molar-refractivity contribution in [2.24, 2.45) is 0 Å². The zero-order valence-electron chi connectivity index (χ0n) is 18.9. The second kappa shape index (κ2) is 9.13. The maximum atomic E-state index is 15.5. The van der Waals surface area contributed by atoms with Crippen molar-refractivity contribution in [2.75, 3.05) is 33.1 Å². The van der Waals surface area contributed by atoms with Gasteiger partial charge in [-0.1, -0.05) is 6.07 Å². The quantitative estimate of drug-likeness (QED) is 0.689. The van der Waals surface area contributed by atoms with Crippen LogP contribution in [0.3, 0.4) is 0 Å². The molecular formula is C24H28F3N3O3. The topological polar surface area (TPSA) is 62.8 Å². The number of fused-ring (bicyclic) bond motifs is 1. The molecule has 2 N–H and O–H groups in total. The van der Waals surface area contributed by atoms with E-state index in [0.717, 1.165) is 25.1 Å². The lowest BCUT2D eigenvalue weighted by Crippen LogP contribution is -2.52. The van der Waals surface area contributed by atoms with Crippen LogP contribution in [0.15, 0.2) is 30.3 Å². The van der Waals surface area contributed by atoms with E-state index in [1.54, 1.807) is 12.1 Å². The van der Waals surface area contributed by atoms with Gasteiger partial charge in [-0.25, -0.2) is 18.0 Å².